The van der Waals surface area contributed by atoms with Gasteiger partial charge in [0.15, 0.2) is 0 Å². The van der Waals surface area contributed by atoms with Crippen molar-refractivity contribution in [3.8, 4) is 0 Å². The Balaban J connectivity index is 2.51. The Hall–Kier alpha value is -0.540. The van der Waals surface area contributed by atoms with E-state index in [1.54, 1.807) is 7.11 Å². The van der Waals surface area contributed by atoms with Crippen molar-refractivity contribution in [2.45, 2.75) is 44.8 Å². The molecule has 0 amide bonds. The van der Waals surface area contributed by atoms with Crippen molar-refractivity contribution < 1.29 is 9.47 Å². The first-order chi connectivity index (χ1) is 6.79. The van der Waals surface area contributed by atoms with Crippen molar-refractivity contribution in [2.24, 2.45) is 5.73 Å². The maximum atomic E-state index is 6.07. The monoisotopic (exact) mass is 199 g/mol. The third kappa shape index (κ3) is 3.00. The van der Waals surface area contributed by atoms with E-state index in [1.165, 1.54) is 0 Å². The molecule has 3 nitrogen and oxygen atoms in total. The van der Waals surface area contributed by atoms with Crippen molar-refractivity contribution in [3.63, 3.8) is 0 Å². The molecule has 0 aromatic carbocycles. The summed E-state index contributed by atoms with van der Waals surface area (Å²) in [4.78, 5) is 0. The van der Waals surface area contributed by atoms with E-state index in [2.05, 4.69) is 13.0 Å². The summed E-state index contributed by atoms with van der Waals surface area (Å²) in [5.41, 5.74) is 6.07. The Morgan fingerprint density at radius 3 is 2.93 bits per heavy atom. The van der Waals surface area contributed by atoms with Crippen molar-refractivity contribution in [1.82, 2.24) is 0 Å². The van der Waals surface area contributed by atoms with Crippen LogP contribution in [0, 0.1) is 0 Å². The first-order valence-corrected chi connectivity index (χ1v) is 5.40. The summed E-state index contributed by atoms with van der Waals surface area (Å²) in [6.07, 6.45) is 6.42. The highest BCUT2D eigenvalue weighted by atomic mass is 16.5. The van der Waals surface area contributed by atoms with Gasteiger partial charge in [0.2, 0.25) is 0 Å². The second kappa shape index (κ2) is 6.04. The predicted molar refractivity (Wildman–Crippen MR) is 56.9 cm³/mol. The Labute approximate surface area is 86.3 Å². The number of ether oxygens (including phenoxy) is 2. The lowest BCUT2D eigenvalue weighted by molar-refractivity contribution is 0.0560. The van der Waals surface area contributed by atoms with Crippen molar-refractivity contribution in [3.05, 3.63) is 11.8 Å². The van der Waals surface area contributed by atoms with Gasteiger partial charge in [-0.15, -0.1) is 0 Å². The van der Waals surface area contributed by atoms with Gasteiger partial charge in [-0.3, -0.25) is 0 Å². The topological polar surface area (TPSA) is 44.5 Å². The van der Waals surface area contributed by atoms with Crippen LogP contribution in [-0.4, -0.2) is 25.9 Å². The fourth-order valence-electron chi connectivity index (χ4n) is 1.72. The quantitative estimate of drug-likeness (QED) is 0.734. The molecule has 0 radical (unpaired) electrons. The Morgan fingerprint density at radius 2 is 2.43 bits per heavy atom. The second-order valence-corrected chi connectivity index (χ2v) is 3.69. The minimum absolute atomic E-state index is 0.0874. The fourth-order valence-corrected chi connectivity index (χ4v) is 1.72. The molecule has 14 heavy (non-hydrogen) atoms. The highest BCUT2D eigenvalue weighted by Gasteiger charge is 2.22. The molecular formula is C11H21NO2. The van der Waals surface area contributed by atoms with Crippen LogP contribution in [0.4, 0.5) is 0 Å². The van der Waals surface area contributed by atoms with Crippen LogP contribution in [-0.2, 0) is 9.47 Å². The van der Waals surface area contributed by atoms with Gasteiger partial charge < -0.3 is 15.2 Å². The molecule has 1 rings (SSSR count). The Kier molecular flexibility index (Phi) is 4.98. The first-order valence-electron chi connectivity index (χ1n) is 5.40. The average molecular weight is 199 g/mol. The first kappa shape index (κ1) is 11.5. The minimum Gasteiger partial charge on any atom is -0.497 e. The summed E-state index contributed by atoms with van der Waals surface area (Å²) >= 11 is 0. The smallest absolute Gasteiger partial charge is 0.111 e. The van der Waals surface area contributed by atoms with Crippen molar-refractivity contribution in [2.75, 3.05) is 13.7 Å². The van der Waals surface area contributed by atoms with Crippen LogP contribution in [0.25, 0.3) is 0 Å². The van der Waals surface area contributed by atoms with Crippen LogP contribution in [0.2, 0.25) is 0 Å². The number of nitrogens with two attached hydrogens (primary N) is 1. The average Bonchev–Trinajstić information content (AvgIpc) is 2.26. The molecule has 2 unspecified atom stereocenters. The normalized spacial score (nSPS) is 20.9. The molecule has 1 heterocycles. The summed E-state index contributed by atoms with van der Waals surface area (Å²) in [6.45, 7) is 2.93. The van der Waals surface area contributed by atoms with Crippen molar-refractivity contribution in [1.29, 1.82) is 0 Å². The molecule has 0 aromatic heterocycles. The highest BCUT2D eigenvalue weighted by Crippen LogP contribution is 2.18. The molecular weight excluding hydrogens is 178 g/mol. The molecule has 0 fully saturated rings. The molecule has 2 N–H and O–H groups in total. The summed E-state index contributed by atoms with van der Waals surface area (Å²) < 4.78 is 10.9. The van der Waals surface area contributed by atoms with Crippen LogP contribution in [0.1, 0.15) is 32.6 Å². The zero-order valence-corrected chi connectivity index (χ0v) is 9.16. The van der Waals surface area contributed by atoms with E-state index in [4.69, 9.17) is 15.2 Å². The maximum absolute atomic E-state index is 6.07. The van der Waals surface area contributed by atoms with Crippen LogP contribution in [0.15, 0.2) is 11.8 Å². The van der Waals surface area contributed by atoms with Crippen LogP contribution >= 0.6 is 0 Å². The van der Waals surface area contributed by atoms with E-state index in [0.717, 1.165) is 38.0 Å². The van der Waals surface area contributed by atoms with Gasteiger partial charge in [-0.25, -0.2) is 0 Å². The molecule has 2 atom stereocenters. The summed E-state index contributed by atoms with van der Waals surface area (Å²) in [5, 5.41) is 0. The van der Waals surface area contributed by atoms with Gasteiger partial charge in [0.05, 0.1) is 18.8 Å². The number of allylic oxidation sites excluding steroid dienone is 1. The summed E-state index contributed by atoms with van der Waals surface area (Å²) in [7, 11) is 1.71. The van der Waals surface area contributed by atoms with E-state index in [-0.39, 0.29) is 12.1 Å². The Morgan fingerprint density at radius 1 is 1.64 bits per heavy atom. The molecule has 1 aliphatic heterocycles. The SMILES string of the molecule is CCCC(OC)C(N)C1=CCCCO1. The molecule has 0 saturated heterocycles. The summed E-state index contributed by atoms with van der Waals surface area (Å²) in [5.74, 6) is 0.913. The van der Waals surface area contributed by atoms with Crippen LogP contribution < -0.4 is 5.73 Å². The number of methoxy groups -OCH3 is 1. The zero-order valence-electron chi connectivity index (χ0n) is 9.16. The van der Waals surface area contributed by atoms with E-state index in [0.29, 0.717) is 0 Å². The lowest BCUT2D eigenvalue weighted by Gasteiger charge is -2.26. The largest absolute Gasteiger partial charge is 0.497 e. The van der Waals surface area contributed by atoms with Gasteiger partial charge >= 0.3 is 0 Å². The molecule has 3 heteroatoms. The molecule has 1 aliphatic rings. The molecule has 0 aromatic rings. The number of hydrogen-bond acceptors (Lipinski definition) is 3. The standard InChI is InChI=1S/C11H21NO2/c1-3-6-9(13-2)11(12)10-7-4-5-8-14-10/h7,9,11H,3-6,8,12H2,1-2H3. The number of rotatable bonds is 5. The van der Waals surface area contributed by atoms with Gasteiger partial charge in [0, 0.05) is 7.11 Å². The van der Waals surface area contributed by atoms with Gasteiger partial charge in [0.1, 0.15) is 5.76 Å². The third-order valence-corrected chi connectivity index (χ3v) is 2.57. The van der Waals surface area contributed by atoms with E-state index < -0.39 is 0 Å². The predicted octanol–water partition coefficient (Wildman–Crippen LogP) is 1.82. The minimum atomic E-state index is -0.0970. The van der Waals surface area contributed by atoms with Gasteiger partial charge in [0.25, 0.3) is 0 Å². The van der Waals surface area contributed by atoms with E-state index in [1.807, 2.05) is 0 Å². The maximum Gasteiger partial charge on any atom is 0.111 e. The van der Waals surface area contributed by atoms with Crippen LogP contribution in [0.3, 0.4) is 0 Å². The van der Waals surface area contributed by atoms with E-state index >= 15 is 0 Å². The van der Waals surface area contributed by atoms with Crippen molar-refractivity contribution >= 4 is 0 Å². The lowest BCUT2D eigenvalue weighted by atomic mass is 10.0. The third-order valence-electron chi connectivity index (χ3n) is 2.57. The molecule has 0 aliphatic carbocycles. The number of hydrogen-bond donors (Lipinski definition) is 1. The van der Waals surface area contributed by atoms with Gasteiger partial charge in [-0.05, 0) is 25.3 Å². The lowest BCUT2D eigenvalue weighted by Crippen LogP contribution is -2.39. The molecule has 0 bridgehead atoms. The summed E-state index contributed by atoms with van der Waals surface area (Å²) in [6, 6.07) is -0.0970. The molecule has 82 valence electrons. The van der Waals surface area contributed by atoms with Gasteiger partial charge in [-0.2, -0.15) is 0 Å². The van der Waals surface area contributed by atoms with Gasteiger partial charge in [-0.1, -0.05) is 13.3 Å². The van der Waals surface area contributed by atoms with Crippen LogP contribution in [0.5, 0.6) is 0 Å². The molecule has 0 saturated carbocycles. The molecule has 0 spiro atoms. The van der Waals surface area contributed by atoms with E-state index in [9.17, 15) is 0 Å². The Bertz CT molecular complexity index is 192. The fraction of sp³-hybridized carbons (Fsp3) is 0.818. The second-order valence-electron chi connectivity index (χ2n) is 3.69. The highest BCUT2D eigenvalue weighted by molar-refractivity contribution is 5.07. The zero-order chi connectivity index (χ0) is 10.4.